The predicted molar refractivity (Wildman–Crippen MR) is 67.8 cm³/mol. The Morgan fingerprint density at radius 2 is 2.38 bits per heavy atom. The van der Waals surface area contributed by atoms with Crippen molar-refractivity contribution in [1.29, 1.82) is 0 Å². The van der Waals surface area contributed by atoms with Crippen LogP contribution in [0.3, 0.4) is 0 Å². The van der Waals surface area contributed by atoms with Crippen molar-refractivity contribution in [3.8, 4) is 0 Å². The maximum Gasteiger partial charge on any atom is 0.0514 e. The fourth-order valence-corrected chi connectivity index (χ4v) is 2.37. The Labute approximate surface area is 98.0 Å². The number of nitrogens with one attached hydrogen (secondary N) is 1. The van der Waals surface area contributed by atoms with Crippen LogP contribution in [0.2, 0.25) is 0 Å². The van der Waals surface area contributed by atoms with Gasteiger partial charge in [-0.3, -0.25) is 0 Å². The van der Waals surface area contributed by atoms with Gasteiger partial charge in [0.05, 0.1) is 6.61 Å². The molecule has 1 heterocycles. The number of hydrogen-bond donors (Lipinski definition) is 1. The van der Waals surface area contributed by atoms with Gasteiger partial charge in [0.15, 0.2) is 0 Å². The van der Waals surface area contributed by atoms with Gasteiger partial charge in [0.2, 0.25) is 0 Å². The van der Waals surface area contributed by atoms with E-state index in [-0.39, 0.29) is 0 Å². The standard InChI is InChI=1S/C14H21NO/c1-3-14(12-7-8-16-10-12)15-13-6-4-5-11(2)9-13/h4-6,9,12,14-15H,3,7-8,10H2,1-2H3. The van der Waals surface area contributed by atoms with Crippen molar-refractivity contribution in [2.75, 3.05) is 18.5 Å². The topological polar surface area (TPSA) is 21.3 Å². The summed E-state index contributed by atoms with van der Waals surface area (Å²) in [5, 5.41) is 3.63. The third kappa shape index (κ3) is 2.76. The molecular formula is C14H21NO. The van der Waals surface area contributed by atoms with Crippen LogP contribution in [0, 0.1) is 12.8 Å². The van der Waals surface area contributed by atoms with Crippen molar-refractivity contribution < 1.29 is 4.74 Å². The van der Waals surface area contributed by atoms with Gasteiger partial charge in [-0.25, -0.2) is 0 Å². The third-order valence-electron chi connectivity index (χ3n) is 3.34. The Hall–Kier alpha value is -1.02. The van der Waals surface area contributed by atoms with Gasteiger partial charge in [-0.1, -0.05) is 19.1 Å². The van der Waals surface area contributed by atoms with E-state index in [0.717, 1.165) is 19.6 Å². The Bertz CT molecular complexity index is 331. The Balaban J connectivity index is 2.00. The van der Waals surface area contributed by atoms with E-state index in [2.05, 4.69) is 43.4 Å². The van der Waals surface area contributed by atoms with Gasteiger partial charge in [0.25, 0.3) is 0 Å². The zero-order chi connectivity index (χ0) is 11.4. The molecule has 2 rings (SSSR count). The third-order valence-corrected chi connectivity index (χ3v) is 3.34. The van der Waals surface area contributed by atoms with Gasteiger partial charge in [-0.2, -0.15) is 0 Å². The van der Waals surface area contributed by atoms with Crippen molar-refractivity contribution in [2.45, 2.75) is 32.7 Å². The highest BCUT2D eigenvalue weighted by atomic mass is 16.5. The van der Waals surface area contributed by atoms with Crippen LogP contribution in [0.1, 0.15) is 25.3 Å². The fourth-order valence-electron chi connectivity index (χ4n) is 2.37. The molecule has 0 aliphatic carbocycles. The van der Waals surface area contributed by atoms with E-state index in [9.17, 15) is 0 Å². The molecule has 0 bridgehead atoms. The smallest absolute Gasteiger partial charge is 0.0514 e. The van der Waals surface area contributed by atoms with Crippen molar-refractivity contribution in [3.63, 3.8) is 0 Å². The molecule has 1 aliphatic rings. The van der Waals surface area contributed by atoms with Crippen molar-refractivity contribution >= 4 is 5.69 Å². The van der Waals surface area contributed by atoms with E-state index >= 15 is 0 Å². The quantitative estimate of drug-likeness (QED) is 0.839. The molecule has 1 fully saturated rings. The van der Waals surface area contributed by atoms with Gasteiger partial charge in [0, 0.05) is 24.3 Å². The van der Waals surface area contributed by atoms with Crippen LogP contribution in [-0.4, -0.2) is 19.3 Å². The molecule has 0 saturated carbocycles. The van der Waals surface area contributed by atoms with Crippen LogP contribution in [0.5, 0.6) is 0 Å². The maximum absolute atomic E-state index is 5.46. The average molecular weight is 219 g/mol. The lowest BCUT2D eigenvalue weighted by atomic mass is 9.96. The summed E-state index contributed by atoms with van der Waals surface area (Å²) < 4.78 is 5.46. The molecule has 0 aromatic heterocycles. The van der Waals surface area contributed by atoms with Crippen LogP contribution in [0.25, 0.3) is 0 Å². The van der Waals surface area contributed by atoms with Crippen LogP contribution >= 0.6 is 0 Å². The molecule has 0 amide bonds. The molecule has 16 heavy (non-hydrogen) atoms. The summed E-state index contributed by atoms with van der Waals surface area (Å²) in [7, 11) is 0. The largest absolute Gasteiger partial charge is 0.382 e. The van der Waals surface area contributed by atoms with Gasteiger partial charge >= 0.3 is 0 Å². The minimum atomic E-state index is 0.546. The number of hydrogen-bond acceptors (Lipinski definition) is 2. The van der Waals surface area contributed by atoms with Gasteiger partial charge in [-0.05, 0) is 37.5 Å². The summed E-state index contributed by atoms with van der Waals surface area (Å²) in [6, 6.07) is 9.13. The minimum absolute atomic E-state index is 0.546. The first-order chi connectivity index (χ1) is 7.79. The second-order valence-electron chi connectivity index (χ2n) is 4.65. The molecule has 0 radical (unpaired) electrons. The molecule has 1 aliphatic heterocycles. The molecule has 2 atom stereocenters. The lowest BCUT2D eigenvalue weighted by Crippen LogP contribution is -2.28. The number of anilines is 1. The zero-order valence-corrected chi connectivity index (χ0v) is 10.2. The van der Waals surface area contributed by atoms with Crippen molar-refractivity contribution in [1.82, 2.24) is 0 Å². The second-order valence-corrected chi connectivity index (χ2v) is 4.65. The molecule has 1 N–H and O–H groups in total. The molecule has 1 aromatic rings. The highest BCUT2D eigenvalue weighted by Crippen LogP contribution is 2.22. The van der Waals surface area contributed by atoms with Gasteiger partial charge < -0.3 is 10.1 Å². The first kappa shape index (κ1) is 11.5. The van der Waals surface area contributed by atoms with E-state index < -0.39 is 0 Å². The normalized spacial score (nSPS) is 22.0. The average Bonchev–Trinajstić information content (AvgIpc) is 2.79. The van der Waals surface area contributed by atoms with Crippen LogP contribution in [-0.2, 0) is 4.74 Å². The summed E-state index contributed by atoms with van der Waals surface area (Å²) in [5.41, 5.74) is 2.54. The Kier molecular flexibility index (Phi) is 3.83. The lowest BCUT2D eigenvalue weighted by Gasteiger charge is -2.23. The van der Waals surface area contributed by atoms with Crippen molar-refractivity contribution in [2.24, 2.45) is 5.92 Å². The van der Waals surface area contributed by atoms with Crippen LogP contribution < -0.4 is 5.32 Å². The summed E-state index contributed by atoms with van der Waals surface area (Å²) in [4.78, 5) is 0. The number of ether oxygens (including phenoxy) is 1. The van der Waals surface area contributed by atoms with E-state index in [1.165, 1.54) is 17.7 Å². The second kappa shape index (κ2) is 5.35. The summed E-state index contributed by atoms with van der Waals surface area (Å²) in [6.07, 6.45) is 2.35. The molecule has 0 spiro atoms. The SMILES string of the molecule is CCC(Nc1cccc(C)c1)C1CCOC1. The fraction of sp³-hybridized carbons (Fsp3) is 0.571. The van der Waals surface area contributed by atoms with E-state index in [4.69, 9.17) is 4.74 Å². The monoisotopic (exact) mass is 219 g/mol. The molecule has 2 nitrogen and oxygen atoms in total. The summed E-state index contributed by atoms with van der Waals surface area (Å²) >= 11 is 0. The zero-order valence-electron chi connectivity index (χ0n) is 10.2. The number of rotatable bonds is 4. The molecule has 88 valence electrons. The predicted octanol–water partition coefficient (Wildman–Crippen LogP) is 3.22. The van der Waals surface area contributed by atoms with Crippen LogP contribution in [0.4, 0.5) is 5.69 Å². The Morgan fingerprint density at radius 1 is 1.50 bits per heavy atom. The number of aryl methyl sites for hydroxylation is 1. The Morgan fingerprint density at radius 3 is 3.00 bits per heavy atom. The highest BCUT2D eigenvalue weighted by Gasteiger charge is 2.24. The molecule has 1 aromatic carbocycles. The first-order valence-electron chi connectivity index (χ1n) is 6.20. The van der Waals surface area contributed by atoms with E-state index in [1.807, 2.05) is 0 Å². The lowest BCUT2D eigenvalue weighted by molar-refractivity contribution is 0.182. The van der Waals surface area contributed by atoms with E-state index in [1.54, 1.807) is 0 Å². The summed E-state index contributed by atoms with van der Waals surface area (Å²) in [6.45, 7) is 6.21. The van der Waals surface area contributed by atoms with Crippen molar-refractivity contribution in [3.05, 3.63) is 29.8 Å². The molecule has 2 unspecified atom stereocenters. The maximum atomic E-state index is 5.46. The minimum Gasteiger partial charge on any atom is -0.382 e. The van der Waals surface area contributed by atoms with E-state index in [0.29, 0.717) is 12.0 Å². The van der Waals surface area contributed by atoms with Gasteiger partial charge in [0.1, 0.15) is 0 Å². The molecule has 1 saturated heterocycles. The van der Waals surface area contributed by atoms with Gasteiger partial charge in [-0.15, -0.1) is 0 Å². The molecule has 2 heteroatoms. The summed E-state index contributed by atoms with van der Waals surface area (Å²) in [5.74, 6) is 0.672. The molecular weight excluding hydrogens is 198 g/mol. The van der Waals surface area contributed by atoms with Crippen LogP contribution in [0.15, 0.2) is 24.3 Å². The first-order valence-corrected chi connectivity index (χ1v) is 6.20. The highest BCUT2D eigenvalue weighted by molar-refractivity contribution is 5.46. The number of benzene rings is 1.